The number of carbonyl (C=O) groups excluding carboxylic acids is 1. The number of aromatic amines is 1. The summed E-state index contributed by atoms with van der Waals surface area (Å²) in [6.45, 7) is 2.87. The predicted octanol–water partition coefficient (Wildman–Crippen LogP) is 6.16. The number of nitrogens with zero attached hydrogens (tertiary/aromatic N) is 2. The highest BCUT2D eigenvalue weighted by atomic mass is 35.5. The fourth-order valence-electron chi connectivity index (χ4n) is 4.42. The van der Waals surface area contributed by atoms with Crippen molar-refractivity contribution in [3.63, 3.8) is 0 Å². The first-order chi connectivity index (χ1) is 17.0. The highest BCUT2D eigenvalue weighted by Gasteiger charge is 2.23. The van der Waals surface area contributed by atoms with Crippen LogP contribution >= 0.6 is 22.9 Å². The molecule has 3 aromatic heterocycles. The molecule has 1 aliphatic heterocycles. The lowest BCUT2D eigenvalue weighted by molar-refractivity contribution is 0.0606. The smallest absolute Gasteiger partial charge is 0.348 e. The number of fused-ring (bicyclic) bond motifs is 1. The molecule has 0 aliphatic carbocycles. The van der Waals surface area contributed by atoms with Gasteiger partial charge >= 0.3 is 5.97 Å². The Morgan fingerprint density at radius 3 is 2.80 bits per heavy atom. The maximum absolute atomic E-state index is 14.0. The number of hydrogen-bond donors (Lipinski definition) is 1. The van der Waals surface area contributed by atoms with Crippen LogP contribution in [-0.4, -0.2) is 41.0 Å². The molecule has 0 amide bonds. The Morgan fingerprint density at radius 1 is 1.23 bits per heavy atom. The number of nitrogens with one attached hydrogen (secondary N) is 1. The molecule has 4 aromatic rings. The lowest BCUT2D eigenvalue weighted by Gasteiger charge is -2.31. The van der Waals surface area contributed by atoms with Crippen LogP contribution in [0, 0.1) is 5.82 Å². The number of rotatable bonds is 7. The Hall–Kier alpha value is -2.94. The molecule has 0 bridgehead atoms. The van der Waals surface area contributed by atoms with Gasteiger partial charge in [0, 0.05) is 40.5 Å². The van der Waals surface area contributed by atoms with Crippen LogP contribution in [0.2, 0.25) is 5.02 Å². The van der Waals surface area contributed by atoms with Crippen LogP contribution in [0.5, 0.6) is 5.88 Å². The number of benzene rings is 1. The summed E-state index contributed by atoms with van der Waals surface area (Å²) in [5.41, 5.74) is 3.57. The summed E-state index contributed by atoms with van der Waals surface area (Å²) in [6, 6.07) is 14.3. The maximum atomic E-state index is 14.0. The van der Waals surface area contributed by atoms with E-state index in [-0.39, 0.29) is 18.4 Å². The number of H-pyrrole nitrogens is 1. The van der Waals surface area contributed by atoms with Gasteiger partial charge in [-0.15, -0.1) is 11.3 Å². The second-order valence-corrected chi connectivity index (χ2v) is 10.2. The Balaban J connectivity index is 1.15. The van der Waals surface area contributed by atoms with Crippen molar-refractivity contribution in [2.24, 2.45) is 0 Å². The number of ether oxygens (including phenoxy) is 2. The third-order valence-electron chi connectivity index (χ3n) is 6.28. The van der Waals surface area contributed by atoms with E-state index in [1.54, 1.807) is 18.2 Å². The molecule has 182 valence electrons. The molecule has 1 N–H and O–H groups in total. The number of esters is 1. The number of pyridine rings is 1. The van der Waals surface area contributed by atoms with Gasteiger partial charge < -0.3 is 14.5 Å². The van der Waals surface area contributed by atoms with E-state index in [1.165, 1.54) is 24.5 Å². The van der Waals surface area contributed by atoms with Gasteiger partial charge in [0.15, 0.2) is 0 Å². The second kappa shape index (κ2) is 10.4. The summed E-state index contributed by atoms with van der Waals surface area (Å²) >= 11 is 7.26. The van der Waals surface area contributed by atoms with Crippen LogP contribution in [-0.2, 0) is 17.9 Å². The van der Waals surface area contributed by atoms with Crippen molar-refractivity contribution in [1.82, 2.24) is 14.9 Å². The van der Waals surface area contributed by atoms with Gasteiger partial charge in [-0.25, -0.2) is 14.2 Å². The molecule has 9 heteroatoms. The predicted molar refractivity (Wildman–Crippen MR) is 135 cm³/mol. The van der Waals surface area contributed by atoms with Crippen LogP contribution in [0.4, 0.5) is 4.39 Å². The minimum absolute atomic E-state index is 0.104. The van der Waals surface area contributed by atoms with Gasteiger partial charge in [0.1, 0.15) is 17.3 Å². The van der Waals surface area contributed by atoms with Crippen molar-refractivity contribution in [3.05, 3.63) is 81.2 Å². The molecule has 4 heterocycles. The SMILES string of the molecule is COC(=O)c1cc2[nH]c(CN3CCC(c4cccc(OCc5ccc(Cl)cc5F)n4)CC3)cc2s1. The first-order valence-electron chi connectivity index (χ1n) is 11.4. The van der Waals surface area contributed by atoms with Crippen molar-refractivity contribution in [2.45, 2.75) is 31.9 Å². The van der Waals surface area contributed by atoms with Crippen molar-refractivity contribution in [1.29, 1.82) is 0 Å². The Morgan fingerprint density at radius 2 is 2.06 bits per heavy atom. The monoisotopic (exact) mass is 513 g/mol. The molecule has 1 fully saturated rings. The van der Waals surface area contributed by atoms with E-state index < -0.39 is 0 Å². The largest absolute Gasteiger partial charge is 0.473 e. The van der Waals surface area contributed by atoms with Gasteiger partial charge in [0.05, 0.1) is 17.3 Å². The Kier molecular flexibility index (Phi) is 7.04. The molecule has 5 rings (SSSR count). The molecule has 1 aliphatic rings. The van der Waals surface area contributed by atoms with Gasteiger partial charge in [-0.3, -0.25) is 4.90 Å². The Labute approximate surface area is 211 Å². The molecule has 6 nitrogen and oxygen atoms in total. The number of likely N-dealkylation sites (tertiary alicyclic amines) is 1. The van der Waals surface area contributed by atoms with Crippen molar-refractivity contribution >= 4 is 39.1 Å². The number of thiophene rings is 1. The zero-order valence-electron chi connectivity index (χ0n) is 19.2. The molecule has 0 radical (unpaired) electrons. The van der Waals surface area contributed by atoms with Gasteiger partial charge in [0.25, 0.3) is 0 Å². The van der Waals surface area contributed by atoms with Crippen LogP contribution in [0.1, 0.15) is 45.4 Å². The van der Waals surface area contributed by atoms with E-state index in [1.807, 2.05) is 18.2 Å². The van der Waals surface area contributed by atoms with Gasteiger partial charge in [-0.2, -0.15) is 0 Å². The van der Waals surface area contributed by atoms with E-state index in [4.69, 9.17) is 21.1 Å². The number of halogens is 2. The number of piperidine rings is 1. The minimum atomic E-state index is -0.383. The summed E-state index contributed by atoms with van der Waals surface area (Å²) < 4.78 is 25.6. The average Bonchev–Trinajstić information content (AvgIpc) is 3.42. The topological polar surface area (TPSA) is 67.5 Å². The van der Waals surface area contributed by atoms with Crippen molar-refractivity contribution in [3.8, 4) is 5.88 Å². The molecular weight excluding hydrogens is 489 g/mol. The van der Waals surface area contributed by atoms with E-state index in [0.717, 1.165) is 54.1 Å². The highest BCUT2D eigenvalue weighted by Crippen LogP contribution is 2.31. The Bertz CT molecular complexity index is 1320. The van der Waals surface area contributed by atoms with E-state index in [0.29, 0.717) is 27.3 Å². The molecule has 1 saturated heterocycles. The summed E-state index contributed by atoms with van der Waals surface area (Å²) in [6.07, 6.45) is 2.01. The van der Waals surface area contributed by atoms with E-state index in [2.05, 4.69) is 20.9 Å². The fraction of sp³-hybridized carbons (Fsp3) is 0.308. The number of carbonyl (C=O) groups is 1. The van der Waals surface area contributed by atoms with Gasteiger partial charge in [0.2, 0.25) is 5.88 Å². The van der Waals surface area contributed by atoms with Crippen molar-refractivity contribution in [2.75, 3.05) is 20.2 Å². The number of hydrogen-bond acceptors (Lipinski definition) is 6. The van der Waals surface area contributed by atoms with Crippen LogP contribution in [0.3, 0.4) is 0 Å². The summed E-state index contributed by atoms with van der Waals surface area (Å²) in [7, 11) is 1.40. The minimum Gasteiger partial charge on any atom is -0.473 e. The molecule has 0 atom stereocenters. The van der Waals surface area contributed by atoms with Crippen LogP contribution < -0.4 is 4.74 Å². The molecule has 1 aromatic carbocycles. The molecule has 0 unspecified atom stereocenters. The van der Waals surface area contributed by atoms with Gasteiger partial charge in [-0.1, -0.05) is 23.7 Å². The fourth-order valence-corrected chi connectivity index (χ4v) is 5.58. The first kappa shape index (κ1) is 23.8. The number of aromatic nitrogens is 2. The third kappa shape index (κ3) is 5.50. The molecule has 35 heavy (non-hydrogen) atoms. The lowest BCUT2D eigenvalue weighted by Crippen LogP contribution is -2.32. The first-order valence-corrected chi connectivity index (χ1v) is 12.6. The highest BCUT2D eigenvalue weighted by molar-refractivity contribution is 7.20. The normalized spacial score (nSPS) is 14.9. The van der Waals surface area contributed by atoms with E-state index >= 15 is 0 Å². The summed E-state index contributed by atoms with van der Waals surface area (Å²) in [4.78, 5) is 22.9. The number of methoxy groups -OCH3 is 1. The quantitative estimate of drug-likeness (QED) is 0.300. The molecular formula is C26H25ClFN3O3S. The lowest BCUT2D eigenvalue weighted by atomic mass is 9.93. The van der Waals surface area contributed by atoms with Crippen LogP contribution in [0.25, 0.3) is 10.2 Å². The molecule has 0 spiro atoms. The van der Waals surface area contributed by atoms with Gasteiger partial charge in [-0.05, 0) is 56.3 Å². The summed E-state index contributed by atoms with van der Waals surface area (Å²) in [5.74, 6) is 0.171. The average molecular weight is 514 g/mol. The zero-order chi connectivity index (χ0) is 24.4. The molecule has 0 saturated carbocycles. The van der Waals surface area contributed by atoms with Crippen molar-refractivity contribution < 1.29 is 18.7 Å². The third-order valence-corrected chi connectivity index (χ3v) is 7.58. The maximum Gasteiger partial charge on any atom is 0.348 e. The van der Waals surface area contributed by atoms with Crippen LogP contribution in [0.15, 0.2) is 48.5 Å². The second-order valence-electron chi connectivity index (χ2n) is 8.65. The standard InChI is InChI=1S/C26H25ClFN3O3S/c1-33-26(32)24-13-22-23(35-24)12-19(29-22)14-31-9-7-16(8-10-31)21-3-2-4-25(30-21)34-15-17-5-6-18(27)11-20(17)28/h2-6,11-13,16,29H,7-10,14-15H2,1H3. The summed E-state index contributed by atoms with van der Waals surface area (Å²) in [5, 5.41) is 0.363. The van der Waals surface area contributed by atoms with E-state index in [9.17, 15) is 9.18 Å². The zero-order valence-corrected chi connectivity index (χ0v) is 20.8.